The van der Waals surface area contributed by atoms with Crippen LogP contribution >= 0.6 is 0 Å². The Balaban J connectivity index is 3.12. The van der Waals surface area contributed by atoms with Crippen LogP contribution in [0.5, 0.6) is 0 Å². The first kappa shape index (κ1) is 20.7. The molecule has 0 nitrogen and oxygen atoms in total. The zero-order chi connectivity index (χ0) is 15.6. The second-order valence-corrected chi connectivity index (χ2v) is 6.69. The molecule has 0 fully saturated rings. The molecule has 0 heterocycles. The molecule has 0 aromatic carbocycles. The van der Waals surface area contributed by atoms with Crippen molar-refractivity contribution in [2.45, 2.75) is 103 Å². The third-order valence-electron chi connectivity index (χ3n) is 4.43. The van der Waals surface area contributed by atoms with Crippen LogP contribution in [0.1, 0.15) is 103 Å². The smallest absolute Gasteiger partial charge is 0.0316 e. The fourth-order valence-electron chi connectivity index (χ4n) is 2.92. The molecule has 1 unspecified atom stereocenters. The lowest BCUT2D eigenvalue weighted by atomic mass is 9.96. The second kappa shape index (κ2) is 17.8. The van der Waals surface area contributed by atoms with Gasteiger partial charge in [-0.05, 0) is 25.7 Å². The quantitative estimate of drug-likeness (QED) is 0.256. The lowest BCUT2D eigenvalue weighted by Gasteiger charge is -2.10. The van der Waals surface area contributed by atoms with E-state index in [1.807, 2.05) is 6.08 Å². The van der Waals surface area contributed by atoms with Gasteiger partial charge < -0.3 is 0 Å². The van der Waals surface area contributed by atoms with Crippen molar-refractivity contribution >= 4 is 0 Å². The Labute approximate surface area is 135 Å². The fourth-order valence-corrected chi connectivity index (χ4v) is 2.92. The molecular weight excluding hydrogens is 252 g/mol. The Hall–Kier alpha value is -0.260. The Bertz CT molecular complexity index is 204. The molecule has 0 spiro atoms. The monoisotopic (exact) mass is 292 g/mol. The summed E-state index contributed by atoms with van der Waals surface area (Å²) in [6.07, 6.45) is 24.9. The van der Waals surface area contributed by atoms with Gasteiger partial charge in [0.1, 0.15) is 0 Å². The third kappa shape index (κ3) is 17.7. The van der Waals surface area contributed by atoms with Gasteiger partial charge >= 0.3 is 0 Å². The predicted molar refractivity (Wildman–Crippen MR) is 98.3 cm³/mol. The van der Waals surface area contributed by atoms with E-state index < -0.39 is 0 Å². The van der Waals surface area contributed by atoms with Gasteiger partial charge in [0.2, 0.25) is 0 Å². The third-order valence-corrected chi connectivity index (χ3v) is 4.43. The van der Waals surface area contributed by atoms with E-state index in [1.165, 1.54) is 89.9 Å². The summed E-state index contributed by atoms with van der Waals surface area (Å²) in [4.78, 5) is 0. The highest BCUT2D eigenvalue weighted by molar-refractivity contribution is 4.83. The van der Waals surface area contributed by atoms with E-state index in [2.05, 4.69) is 26.8 Å². The first-order valence-corrected chi connectivity index (χ1v) is 9.54. The van der Waals surface area contributed by atoms with Crippen LogP contribution in [0.25, 0.3) is 0 Å². The minimum Gasteiger partial charge on any atom is -0.0885 e. The molecule has 0 aromatic heterocycles. The molecule has 0 amide bonds. The summed E-state index contributed by atoms with van der Waals surface area (Å²) < 4.78 is 0. The summed E-state index contributed by atoms with van der Waals surface area (Å²) in [5.41, 5.74) is 0. The molecule has 124 valence electrons. The molecule has 0 N–H and O–H groups in total. The molecule has 21 heavy (non-hydrogen) atoms. The topological polar surface area (TPSA) is 0 Å². The van der Waals surface area contributed by atoms with Crippen molar-refractivity contribution in [3.05, 3.63) is 26.0 Å². The number of hydrogen-bond donors (Lipinski definition) is 0. The molecule has 0 bridgehead atoms. The first-order valence-electron chi connectivity index (χ1n) is 9.54. The molecule has 0 aromatic rings. The Morgan fingerprint density at radius 3 is 1.71 bits per heavy atom. The van der Waals surface area contributed by atoms with Gasteiger partial charge in [0.05, 0.1) is 0 Å². The van der Waals surface area contributed by atoms with E-state index in [9.17, 15) is 0 Å². The number of hydrogen-bond acceptors (Lipinski definition) is 0. The Morgan fingerprint density at radius 1 is 0.714 bits per heavy atom. The SMILES string of the molecule is [CH2]/C=C/CCCCC(C)CCCCCCCCCCC[CH2]. The molecule has 0 aliphatic rings. The van der Waals surface area contributed by atoms with Crippen molar-refractivity contribution in [3.8, 4) is 0 Å². The minimum absolute atomic E-state index is 0.927. The number of allylic oxidation sites excluding steroid dienone is 2. The zero-order valence-electron chi connectivity index (χ0n) is 14.8. The van der Waals surface area contributed by atoms with Crippen LogP contribution in [0.15, 0.2) is 12.2 Å². The van der Waals surface area contributed by atoms with Gasteiger partial charge in [-0.3, -0.25) is 0 Å². The fraction of sp³-hybridized carbons (Fsp3) is 0.810. The van der Waals surface area contributed by atoms with Crippen LogP contribution in [0.4, 0.5) is 0 Å². The van der Waals surface area contributed by atoms with Crippen molar-refractivity contribution in [2.75, 3.05) is 0 Å². The van der Waals surface area contributed by atoms with E-state index >= 15 is 0 Å². The highest BCUT2D eigenvalue weighted by Gasteiger charge is 2.01. The minimum atomic E-state index is 0.927. The van der Waals surface area contributed by atoms with Crippen molar-refractivity contribution in [3.63, 3.8) is 0 Å². The summed E-state index contributed by atoms with van der Waals surface area (Å²) in [5, 5.41) is 0. The summed E-state index contributed by atoms with van der Waals surface area (Å²) in [6, 6.07) is 0. The van der Waals surface area contributed by atoms with Gasteiger partial charge in [0.15, 0.2) is 0 Å². The normalized spacial score (nSPS) is 13.1. The van der Waals surface area contributed by atoms with Crippen molar-refractivity contribution in [1.29, 1.82) is 0 Å². The number of unbranched alkanes of at least 4 members (excludes halogenated alkanes) is 11. The van der Waals surface area contributed by atoms with Crippen molar-refractivity contribution in [1.82, 2.24) is 0 Å². The standard InChI is InChI=1S/C21H40/c1-4-6-8-10-11-12-13-14-16-18-20-21(3)19-17-15-9-7-5-2/h5,7,21H,1-2,4,6,8-20H2,3H3/b7-5+. The van der Waals surface area contributed by atoms with E-state index in [-0.39, 0.29) is 0 Å². The largest absolute Gasteiger partial charge is 0.0885 e. The maximum absolute atomic E-state index is 3.89. The lowest BCUT2D eigenvalue weighted by molar-refractivity contribution is 0.437. The summed E-state index contributed by atoms with van der Waals surface area (Å²) >= 11 is 0. The van der Waals surface area contributed by atoms with E-state index in [0.29, 0.717) is 0 Å². The van der Waals surface area contributed by atoms with Crippen LogP contribution in [0.2, 0.25) is 0 Å². The van der Waals surface area contributed by atoms with Crippen LogP contribution < -0.4 is 0 Å². The van der Waals surface area contributed by atoms with Gasteiger partial charge in [-0.25, -0.2) is 0 Å². The maximum Gasteiger partial charge on any atom is -0.0316 e. The lowest BCUT2D eigenvalue weighted by Crippen LogP contribution is -1.95. The summed E-state index contributed by atoms with van der Waals surface area (Å²) in [7, 11) is 0. The summed E-state index contributed by atoms with van der Waals surface area (Å²) in [6.45, 7) is 10.0. The average molecular weight is 293 g/mol. The molecule has 0 heteroatoms. The van der Waals surface area contributed by atoms with E-state index in [1.54, 1.807) is 0 Å². The molecule has 0 rings (SSSR count). The van der Waals surface area contributed by atoms with Gasteiger partial charge in [0.25, 0.3) is 0 Å². The molecule has 1 atom stereocenters. The maximum atomic E-state index is 3.89. The van der Waals surface area contributed by atoms with E-state index in [4.69, 9.17) is 0 Å². The van der Waals surface area contributed by atoms with Crippen LogP contribution in [-0.4, -0.2) is 0 Å². The number of rotatable bonds is 16. The molecule has 0 aliphatic carbocycles. The average Bonchev–Trinajstić information content (AvgIpc) is 2.49. The van der Waals surface area contributed by atoms with Gasteiger partial charge in [-0.15, -0.1) is 0 Å². The van der Waals surface area contributed by atoms with Gasteiger partial charge in [-0.2, -0.15) is 0 Å². The van der Waals surface area contributed by atoms with E-state index in [0.717, 1.165) is 12.3 Å². The Morgan fingerprint density at radius 2 is 1.19 bits per heavy atom. The van der Waals surface area contributed by atoms with Crippen molar-refractivity contribution in [2.24, 2.45) is 5.92 Å². The van der Waals surface area contributed by atoms with Crippen LogP contribution in [-0.2, 0) is 0 Å². The first-order chi connectivity index (χ1) is 10.3. The highest BCUT2D eigenvalue weighted by atomic mass is 14.1. The van der Waals surface area contributed by atoms with Gasteiger partial charge in [0, 0.05) is 0 Å². The molecule has 0 saturated heterocycles. The van der Waals surface area contributed by atoms with Gasteiger partial charge in [-0.1, -0.05) is 109 Å². The molecular formula is C21H40. The molecule has 2 radical (unpaired) electrons. The predicted octanol–water partition coefficient (Wildman–Crippen LogP) is 7.70. The van der Waals surface area contributed by atoms with Crippen molar-refractivity contribution < 1.29 is 0 Å². The van der Waals surface area contributed by atoms with Crippen LogP contribution in [0.3, 0.4) is 0 Å². The molecule has 0 saturated carbocycles. The molecule has 0 aliphatic heterocycles. The summed E-state index contributed by atoms with van der Waals surface area (Å²) in [5.74, 6) is 0.927. The zero-order valence-corrected chi connectivity index (χ0v) is 14.8. The highest BCUT2D eigenvalue weighted by Crippen LogP contribution is 2.18. The van der Waals surface area contributed by atoms with Crippen LogP contribution in [0, 0.1) is 19.8 Å². The second-order valence-electron chi connectivity index (χ2n) is 6.69. The Kier molecular flexibility index (Phi) is 17.6.